The van der Waals surface area contributed by atoms with Crippen molar-refractivity contribution in [3.05, 3.63) is 22.3 Å². The second-order valence-corrected chi connectivity index (χ2v) is 7.67. The third kappa shape index (κ3) is 3.09. The molecule has 5 heteroatoms. The summed E-state index contributed by atoms with van der Waals surface area (Å²) < 4.78 is 11.4. The highest BCUT2D eigenvalue weighted by atomic mass is 16.5. The van der Waals surface area contributed by atoms with E-state index in [1.54, 1.807) is 0 Å². The molecule has 2 aliphatic rings. The number of aromatic hydroxyl groups is 1. The summed E-state index contributed by atoms with van der Waals surface area (Å²) in [6.45, 7) is 7.95. The Bertz CT molecular complexity index is 677. The third-order valence-electron chi connectivity index (χ3n) is 5.12. The highest BCUT2D eigenvalue weighted by molar-refractivity contribution is 5.71. The van der Waals surface area contributed by atoms with Crippen molar-refractivity contribution in [2.24, 2.45) is 0 Å². The second kappa shape index (κ2) is 5.96. The fourth-order valence-electron chi connectivity index (χ4n) is 3.76. The molecule has 1 aromatic carbocycles. The fraction of sp³-hybridized carbons (Fsp3) is 0.632. The number of esters is 1. The van der Waals surface area contributed by atoms with E-state index >= 15 is 0 Å². The third-order valence-corrected chi connectivity index (χ3v) is 5.12. The molecule has 132 valence electrons. The Kier molecular flexibility index (Phi) is 4.24. The number of aliphatic hydroxyl groups excluding tert-OH is 1. The number of benzene rings is 1. The highest BCUT2D eigenvalue weighted by Gasteiger charge is 2.36. The van der Waals surface area contributed by atoms with Gasteiger partial charge >= 0.3 is 5.97 Å². The monoisotopic (exact) mass is 334 g/mol. The molecule has 2 atom stereocenters. The van der Waals surface area contributed by atoms with Crippen molar-refractivity contribution in [1.82, 2.24) is 0 Å². The number of hydrogen-bond acceptors (Lipinski definition) is 5. The van der Waals surface area contributed by atoms with Crippen LogP contribution in [0.5, 0.6) is 11.5 Å². The van der Waals surface area contributed by atoms with Gasteiger partial charge in [0.05, 0.1) is 12.5 Å². The molecule has 0 bridgehead atoms. The van der Waals surface area contributed by atoms with Gasteiger partial charge in [-0.05, 0) is 51.7 Å². The molecule has 5 nitrogen and oxygen atoms in total. The average molecular weight is 334 g/mol. The first kappa shape index (κ1) is 17.1. The maximum Gasteiger partial charge on any atom is 0.308 e. The number of phenolic OH excluding ortho intramolecular Hbond substituents is 1. The zero-order valence-electron chi connectivity index (χ0n) is 14.8. The summed E-state index contributed by atoms with van der Waals surface area (Å²) in [5.74, 6) is 0.846. The van der Waals surface area contributed by atoms with Crippen LogP contribution >= 0.6 is 0 Å². The normalized spacial score (nSPS) is 25.1. The van der Waals surface area contributed by atoms with Gasteiger partial charge < -0.3 is 19.7 Å². The van der Waals surface area contributed by atoms with E-state index in [4.69, 9.17) is 9.47 Å². The molecule has 24 heavy (non-hydrogen) atoms. The minimum Gasteiger partial charge on any atom is -0.507 e. The summed E-state index contributed by atoms with van der Waals surface area (Å²) >= 11 is 0. The van der Waals surface area contributed by atoms with E-state index in [1.807, 2.05) is 27.7 Å². The van der Waals surface area contributed by atoms with Gasteiger partial charge in [0, 0.05) is 24.0 Å². The summed E-state index contributed by atoms with van der Waals surface area (Å²) in [5.41, 5.74) is 3.48. The maximum absolute atomic E-state index is 11.5. The Labute approximate surface area is 142 Å². The Hall–Kier alpha value is -1.75. The molecule has 3 rings (SSSR count). The average Bonchev–Trinajstić information content (AvgIpc) is 2.79. The molecule has 0 aromatic heterocycles. The maximum atomic E-state index is 11.5. The number of phenols is 1. The predicted octanol–water partition coefficient (Wildman–Crippen LogP) is 2.72. The van der Waals surface area contributed by atoms with Gasteiger partial charge in [-0.1, -0.05) is 0 Å². The van der Waals surface area contributed by atoms with Crippen molar-refractivity contribution >= 4 is 5.97 Å². The molecule has 1 saturated heterocycles. The zero-order chi connectivity index (χ0) is 17.6. The van der Waals surface area contributed by atoms with Crippen LogP contribution in [0.4, 0.5) is 0 Å². The van der Waals surface area contributed by atoms with Crippen molar-refractivity contribution in [3.63, 3.8) is 0 Å². The van der Waals surface area contributed by atoms with E-state index < -0.39 is 6.10 Å². The number of rotatable bonds is 3. The SMILES string of the molecule is Cc1c(C)c2c(c(CC[C@@H]3C[C@@H](O)CC(=O)O3)c1O)CC(C)(C)O2. The molecule has 2 heterocycles. The highest BCUT2D eigenvalue weighted by Crippen LogP contribution is 2.45. The van der Waals surface area contributed by atoms with Gasteiger partial charge in [0.1, 0.15) is 23.2 Å². The molecule has 0 aliphatic carbocycles. The molecule has 0 unspecified atom stereocenters. The van der Waals surface area contributed by atoms with E-state index in [0.29, 0.717) is 25.0 Å². The Morgan fingerprint density at radius 1 is 1.25 bits per heavy atom. The lowest BCUT2D eigenvalue weighted by molar-refractivity contribution is -0.160. The van der Waals surface area contributed by atoms with Crippen LogP contribution in [0, 0.1) is 13.8 Å². The Morgan fingerprint density at radius 2 is 1.96 bits per heavy atom. The molecule has 0 radical (unpaired) electrons. The molecule has 2 N–H and O–H groups in total. The first-order valence-electron chi connectivity index (χ1n) is 8.58. The van der Waals surface area contributed by atoms with E-state index in [-0.39, 0.29) is 24.1 Å². The number of fused-ring (bicyclic) bond motifs is 1. The lowest BCUT2D eigenvalue weighted by atomic mass is 9.89. The van der Waals surface area contributed by atoms with Crippen LogP contribution in [0.3, 0.4) is 0 Å². The van der Waals surface area contributed by atoms with Gasteiger partial charge in [-0.15, -0.1) is 0 Å². The molecule has 0 spiro atoms. The molecule has 2 aliphatic heterocycles. The van der Waals surface area contributed by atoms with Gasteiger partial charge in [-0.3, -0.25) is 4.79 Å². The van der Waals surface area contributed by atoms with Crippen LogP contribution in [0.2, 0.25) is 0 Å². The van der Waals surface area contributed by atoms with Gasteiger partial charge in [0.2, 0.25) is 0 Å². The molecule has 0 amide bonds. The number of aliphatic hydroxyl groups is 1. The molecule has 0 saturated carbocycles. The van der Waals surface area contributed by atoms with Crippen molar-refractivity contribution in [3.8, 4) is 11.5 Å². The largest absolute Gasteiger partial charge is 0.507 e. The van der Waals surface area contributed by atoms with Crippen LogP contribution in [-0.2, 0) is 22.4 Å². The number of hydrogen-bond donors (Lipinski definition) is 2. The van der Waals surface area contributed by atoms with Gasteiger partial charge in [-0.25, -0.2) is 0 Å². The number of cyclic esters (lactones) is 1. The standard InChI is InChI=1S/C19H26O5/c1-10-11(2)18-15(9-19(3,4)24-18)14(17(10)22)6-5-13-7-12(20)8-16(21)23-13/h12-13,20,22H,5-9H2,1-4H3/t12-,13-/m1/s1. The van der Waals surface area contributed by atoms with Gasteiger partial charge in [0.25, 0.3) is 0 Å². The summed E-state index contributed by atoms with van der Waals surface area (Å²) in [4.78, 5) is 11.5. The minimum atomic E-state index is -0.627. The molecular weight excluding hydrogens is 308 g/mol. The number of carbonyl (C=O) groups excluding carboxylic acids is 1. The van der Waals surface area contributed by atoms with E-state index in [0.717, 1.165) is 34.4 Å². The predicted molar refractivity (Wildman–Crippen MR) is 89.4 cm³/mol. The molecule has 1 aromatic rings. The summed E-state index contributed by atoms with van der Waals surface area (Å²) in [6, 6.07) is 0. The second-order valence-electron chi connectivity index (χ2n) is 7.67. The van der Waals surface area contributed by atoms with Gasteiger partial charge in [0.15, 0.2) is 0 Å². The van der Waals surface area contributed by atoms with Crippen molar-refractivity contribution in [1.29, 1.82) is 0 Å². The first-order chi connectivity index (χ1) is 11.2. The summed E-state index contributed by atoms with van der Waals surface area (Å²) in [6.07, 6.45) is 1.54. The Balaban J connectivity index is 1.85. The lowest BCUT2D eigenvalue weighted by Gasteiger charge is -2.26. The number of ether oxygens (including phenoxy) is 2. The lowest BCUT2D eigenvalue weighted by Crippen LogP contribution is -2.32. The van der Waals surface area contributed by atoms with Crippen LogP contribution in [-0.4, -0.2) is 34.0 Å². The van der Waals surface area contributed by atoms with Gasteiger partial charge in [-0.2, -0.15) is 0 Å². The van der Waals surface area contributed by atoms with Crippen molar-refractivity contribution in [2.45, 2.75) is 77.6 Å². The zero-order valence-corrected chi connectivity index (χ0v) is 14.8. The van der Waals surface area contributed by atoms with E-state index in [1.165, 1.54) is 0 Å². The van der Waals surface area contributed by atoms with Crippen LogP contribution < -0.4 is 4.74 Å². The quantitative estimate of drug-likeness (QED) is 0.831. The fourth-order valence-corrected chi connectivity index (χ4v) is 3.76. The van der Waals surface area contributed by atoms with E-state index in [2.05, 4.69) is 0 Å². The summed E-state index contributed by atoms with van der Waals surface area (Å²) in [7, 11) is 0. The Morgan fingerprint density at radius 3 is 2.62 bits per heavy atom. The van der Waals surface area contributed by atoms with E-state index in [9.17, 15) is 15.0 Å². The number of carbonyl (C=O) groups is 1. The minimum absolute atomic E-state index is 0.0722. The van der Waals surface area contributed by atoms with Crippen molar-refractivity contribution < 1.29 is 24.5 Å². The summed E-state index contributed by atoms with van der Waals surface area (Å²) in [5, 5.41) is 20.4. The topological polar surface area (TPSA) is 76.0 Å². The van der Waals surface area contributed by atoms with Crippen LogP contribution in [0.15, 0.2) is 0 Å². The molecule has 1 fully saturated rings. The van der Waals surface area contributed by atoms with Crippen LogP contribution in [0.25, 0.3) is 0 Å². The smallest absolute Gasteiger partial charge is 0.308 e. The molecular formula is C19H26O5. The van der Waals surface area contributed by atoms with Crippen molar-refractivity contribution in [2.75, 3.05) is 0 Å². The first-order valence-corrected chi connectivity index (χ1v) is 8.58. The van der Waals surface area contributed by atoms with Crippen LogP contribution in [0.1, 0.15) is 55.4 Å².